The van der Waals surface area contributed by atoms with Crippen LogP contribution in [0.25, 0.3) is 0 Å². The minimum atomic E-state index is 0. The summed E-state index contributed by atoms with van der Waals surface area (Å²) in [6, 6.07) is 5.52. The molecule has 160 valence electrons. The van der Waals surface area contributed by atoms with Crippen molar-refractivity contribution < 1.29 is 4.74 Å². The lowest BCUT2D eigenvalue weighted by atomic mass is 10.2. The van der Waals surface area contributed by atoms with Crippen LogP contribution in [-0.4, -0.2) is 80.8 Å². The average Bonchev–Trinajstić information content (AvgIpc) is 3.40. The zero-order valence-corrected chi connectivity index (χ0v) is 20.4. The third-order valence-electron chi connectivity index (χ3n) is 5.29. The molecular weight excluding hydrogens is 485 g/mol. The lowest BCUT2D eigenvalue weighted by molar-refractivity contribution is 0.0186. The maximum Gasteiger partial charge on any atom is 0.191 e. The van der Waals surface area contributed by atoms with Gasteiger partial charge in [0.2, 0.25) is 0 Å². The Balaban J connectivity index is 0.00000280. The number of nitrogens with zero attached hydrogens (tertiary/aromatic N) is 3. The molecule has 1 aliphatic heterocycles. The molecule has 2 fully saturated rings. The van der Waals surface area contributed by atoms with Crippen molar-refractivity contribution in [1.82, 2.24) is 20.4 Å². The molecule has 2 aliphatic rings. The summed E-state index contributed by atoms with van der Waals surface area (Å²) in [7, 11) is 0. The highest BCUT2D eigenvalue weighted by molar-refractivity contribution is 14.0. The van der Waals surface area contributed by atoms with Crippen LogP contribution < -0.4 is 10.6 Å². The summed E-state index contributed by atoms with van der Waals surface area (Å²) in [5.74, 6) is 0.930. The fourth-order valence-electron chi connectivity index (χ4n) is 3.63. The van der Waals surface area contributed by atoms with E-state index >= 15 is 0 Å². The van der Waals surface area contributed by atoms with Crippen molar-refractivity contribution in [3.05, 3.63) is 22.4 Å². The van der Waals surface area contributed by atoms with E-state index in [1.807, 2.05) is 11.3 Å². The number of guanidine groups is 1. The largest absolute Gasteiger partial charge is 0.379 e. The molecule has 2 heterocycles. The maximum atomic E-state index is 5.54. The van der Waals surface area contributed by atoms with Crippen LogP contribution in [0, 0.1) is 0 Å². The lowest BCUT2D eigenvalue weighted by Crippen LogP contribution is -2.43. The first-order valence-electron chi connectivity index (χ1n) is 10.4. The second-order valence-corrected chi connectivity index (χ2v) is 8.16. The van der Waals surface area contributed by atoms with Crippen LogP contribution in [0.1, 0.15) is 37.6 Å². The Hall–Kier alpha value is -0.420. The number of morpholine rings is 1. The Morgan fingerprint density at radius 2 is 2.11 bits per heavy atom. The van der Waals surface area contributed by atoms with E-state index in [-0.39, 0.29) is 24.0 Å². The molecule has 1 unspecified atom stereocenters. The number of aliphatic imine (C=N–C) groups is 1. The normalized spacial score (nSPS) is 19.3. The number of rotatable bonds is 10. The van der Waals surface area contributed by atoms with Gasteiger partial charge in [0.05, 0.1) is 25.8 Å². The molecule has 1 aromatic heterocycles. The van der Waals surface area contributed by atoms with Gasteiger partial charge in [-0.1, -0.05) is 13.0 Å². The molecule has 1 atom stereocenters. The van der Waals surface area contributed by atoms with E-state index in [1.165, 1.54) is 17.7 Å². The van der Waals surface area contributed by atoms with Gasteiger partial charge in [-0.25, -0.2) is 0 Å². The van der Waals surface area contributed by atoms with Gasteiger partial charge in [-0.2, -0.15) is 0 Å². The summed E-state index contributed by atoms with van der Waals surface area (Å²) in [5, 5.41) is 9.09. The standard InChI is InChI=1S/C20H35N5OS.HI/c1-3-21-20(22-9-10-24(4-2)17-7-8-17)23-16-18(19-6-5-15-27-19)25-11-13-26-14-12-25;/h5-6,15,17-18H,3-4,7-14,16H2,1-2H3,(H2,21,22,23);1H. The highest BCUT2D eigenvalue weighted by Crippen LogP contribution is 2.27. The van der Waals surface area contributed by atoms with Gasteiger partial charge < -0.3 is 15.4 Å². The van der Waals surface area contributed by atoms with E-state index in [1.54, 1.807) is 0 Å². The van der Waals surface area contributed by atoms with E-state index in [0.29, 0.717) is 6.04 Å². The molecular formula is C20H36IN5OS. The second kappa shape index (κ2) is 13.0. The van der Waals surface area contributed by atoms with Gasteiger partial charge in [0.25, 0.3) is 0 Å². The Morgan fingerprint density at radius 1 is 1.32 bits per heavy atom. The number of halogens is 1. The molecule has 6 nitrogen and oxygen atoms in total. The molecule has 1 aliphatic carbocycles. The van der Waals surface area contributed by atoms with Gasteiger partial charge in [0.1, 0.15) is 0 Å². The number of hydrogen-bond acceptors (Lipinski definition) is 5. The maximum absolute atomic E-state index is 5.54. The molecule has 1 aromatic rings. The fourth-order valence-corrected chi connectivity index (χ4v) is 4.48. The van der Waals surface area contributed by atoms with Gasteiger partial charge in [0.15, 0.2) is 5.96 Å². The van der Waals surface area contributed by atoms with Crippen molar-refractivity contribution in [2.24, 2.45) is 4.99 Å². The minimum Gasteiger partial charge on any atom is -0.379 e. The summed E-state index contributed by atoms with van der Waals surface area (Å²) in [5.41, 5.74) is 0. The molecule has 0 spiro atoms. The monoisotopic (exact) mass is 521 g/mol. The zero-order valence-electron chi connectivity index (χ0n) is 17.2. The number of nitrogens with one attached hydrogen (secondary N) is 2. The van der Waals surface area contributed by atoms with Crippen LogP contribution in [0.15, 0.2) is 22.5 Å². The highest BCUT2D eigenvalue weighted by Gasteiger charge is 2.27. The highest BCUT2D eigenvalue weighted by atomic mass is 127. The van der Waals surface area contributed by atoms with Crippen molar-refractivity contribution in [2.75, 3.05) is 59.0 Å². The van der Waals surface area contributed by atoms with E-state index in [0.717, 1.165) is 71.0 Å². The van der Waals surface area contributed by atoms with Crippen LogP contribution in [0.5, 0.6) is 0 Å². The smallest absolute Gasteiger partial charge is 0.191 e. The first-order valence-corrected chi connectivity index (χ1v) is 11.3. The van der Waals surface area contributed by atoms with Crippen LogP contribution in [0.3, 0.4) is 0 Å². The Bertz CT molecular complexity index is 561. The molecule has 8 heteroatoms. The van der Waals surface area contributed by atoms with Crippen LogP contribution in [0.2, 0.25) is 0 Å². The van der Waals surface area contributed by atoms with E-state index in [2.05, 4.69) is 51.8 Å². The van der Waals surface area contributed by atoms with E-state index < -0.39 is 0 Å². The summed E-state index contributed by atoms with van der Waals surface area (Å²) >= 11 is 1.83. The SMILES string of the molecule is CCNC(=NCC(c1cccs1)N1CCOCC1)NCCN(CC)C1CC1.I. The second-order valence-electron chi connectivity index (χ2n) is 7.19. The summed E-state index contributed by atoms with van der Waals surface area (Å²) in [6.07, 6.45) is 2.73. The number of ether oxygens (including phenoxy) is 1. The van der Waals surface area contributed by atoms with Crippen LogP contribution in [0.4, 0.5) is 0 Å². The van der Waals surface area contributed by atoms with Crippen LogP contribution >= 0.6 is 35.3 Å². The zero-order chi connectivity index (χ0) is 18.9. The molecule has 1 saturated carbocycles. The first kappa shape index (κ1) is 23.9. The van der Waals surface area contributed by atoms with Crippen molar-refractivity contribution >= 4 is 41.3 Å². The fraction of sp³-hybridized carbons (Fsp3) is 0.750. The number of hydrogen-bond donors (Lipinski definition) is 2. The van der Waals surface area contributed by atoms with Gasteiger partial charge in [-0.3, -0.25) is 14.8 Å². The number of likely N-dealkylation sites (N-methyl/N-ethyl adjacent to an activating group) is 1. The van der Waals surface area contributed by atoms with Crippen molar-refractivity contribution in [1.29, 1.82) is 0 Å². The lowest BCUT2D eigenvalue weighted by Gasteiger charge is -2.33. The minimum absolute atomic E-state index is 0. The predicted molar refractivity (Wildman–Crippen MR) is 129 cm³/mol. The van der Waals surface area contributed by atoms with Gasteiger partial charge in [-0.15, -0.1) is 35.3 Å². The van der Waals surface area contributed by atoms with E-state index in [4.69, 9.17) is 9.73 Å². The third-order valence-corrected chi connectivity index (χ3v) is 6.26. The summed E-state index contributed by atoms with van der Waals surface area (Å²) in [6.45, 7) is 12.8. The van der Waals surface area contributed by atoms with Gasteiger partial charge in [-0.05, 0) is 37.8 Å². The summed E-state index contributed by atoms with van der Waals surface area (Å²) in [4.78, 5) is 11.4. The van der Waals surface area contributed by atoms with Crippen molar-refractivity contribution in [3.63, 3.8) is 0 Å². The number of thiophene rings is 1. The molecule has 0 aromatic carbocycles. The Kier molecular flexibility index (Phi) is 11.1. The molecule has 3 rings (SSSR count). The molecule has 0 radical (unpaired) electrons. The molecule has 28 heavy (non-hydrogen) atoms. The first-order chi connectivity index (χ1) is 13.3. The molecule has 2 N–H and O–H groups in total. The van der Waals surface area contributed by atoms with Crippen LogP contribution in [-0.2, 0) is 4.74 Å². The Labute approximate surface area is 191 Å². The van der Waals surface area contributed by atoms with Crippen molar-refractivity contribution in [3.8, 4) is 0 Å². The van der Waals surface area contributed by atoms with Crippen molar-refractivity contribution in [2.45, 2.75) is 38.8 Å². The Morgan fingerprint density at radius 3 is 2.71 bits per heavy atom. The predicted octanol–water partition coefficient (Wildman–Crippen LogP) is 2.78. The summed E-state index contributed by atoms with van der Waals surface area (Å²) < 4.78 is 5.54. The molecule has 1 saturated heterocycles. The average molecular weight is 522 g/mol. The molecule has 0 amide bonds. The quantitative estimate of drug-likeness (QED) is 0.282. The van der Waals surface area contributed by atoms with E-state index in [9.17, 15) is 0 Å². The van der Waals surface area contributed by atoms with Gasteiger partial charge in [0, 0.05) is 43.6 Å². The topological polar surface area (TPSA) is 52.1 Å². The molecule has 0 bridgehead atoms. The third kappa shape index (κ3) is 7.44. The van der Waals surface area contributed by atoms with Gasteiger partial charge >= 0.3 is 0 Å².